The normalized spacial score (nSPS) is 28.5. The van der Waals surface area contributed by atoms with Gasteiger partial charge in [-0.25, -0.2) is 0 Å². The second-order valence-corrected chi connectivity index (χ2v) is 9.51. The number of piperidine rings is 1. The quantitative estimate of drug-likeness (QED) is 0.752. The van der Waals surface area contributed by atoms with Crippen molar-refractivity contribution in [1.29, 1.82) is 0 Å². The molecule has 4 rings (SSSR count). The van der Waals surface area contributed by atoms with Crippen LogP contribution in [0.1, 0.15) is 56.3 Å². The number of amides is 4. The number of para-hydroxylation sites is 1. The first-order valence-electron chi connectivity index (χ1n) is 11.4. The molecule has 1 saturated carbocycles. The van der Waals surface area contributed by atoms with E-state index in [2.05, 4.69) is 19.2 Å². The van der Waals surface area contributed by atoms with E-state index in [0.29, 0.717) is 36.2 Å². The van der Waals surface area contributed by atoms with Crippen LogP contribution < -0.4 is 5.32 Å². The van der Waals surface area contributed by atoms with E-state index in [1.807, 2.05) is 4.90 Å². The first kappa shape index (κ1) is 21.5. The van der Waals surface area contributed by atoms with E-state index in [9.17, 15) is 19.2 Å². The molecule has 0 radical (unpaired) electrons. The van der Waals surface area contributed by atoms with Crippen molar-refractivity contribution in [3.8, 4) is 0 Å². The summed E-state index contributed by atoms with van der Waals surface area (Å²) < 4.78 is 0. The predicted octanol–water partition coefficient (Wildman–Crippen LogP) is 2.92. The van der Waals surface area contributed by atoms with Crippen LogP contribution in [0.4, 0.5) is 5.69 Å². The molecule has 7 nitrogen and oxygen atoms in total. The summed E-state index contributed by atoms with van der Waals surface area (Å²) >= 11 is 0. The lowest BCUT2D eigenvalue weighted by molar-refractivity contribution is -0.142. The lowest BCUT2D eigenvalue weighted by atomic mass is 9.81. The van der Waals surface area contributed by atoms with Crippen molar-refractivity contribution in [1.82, 2.24) is 9.80 Å². The van der Waals surface area contributed by atoms with E-state index in [-0.39, 0.29) is 36.1 Å². The molecule has 1 aliphatic carbocycles. The molecule has 0 aromatic heterocycles. The van der Waals surface area contributed by atoms with Crippen LogP contribution in [0.25, 0.3) is 0 Å². The second kappa shape index (κ2) is 8.81. The van der Waals surface area contributed by atoms with Gasteiger partial charge in [0.05, 0.1) is 23.1 Å². The van der Waals surface area contributed by atoms with Gasteiger partial charge in [-0.3, -0.25) is 24.1 Å². The van der Waals surface area contributed by atoms with Crippen LogP contribution in [-0.2, 0) is 14.4 Å². The highest BCUT2D eigenvalue weighted by Gasteiger charge is 2.48. The Morgan fingerprint density at radius 3 is 2.16 bits per heavy atom. The first-order chi connectivity index (χ1) is 14.8. The highest BCUT2D eigenvalue weighted by Crippen LogP contribution is 2.38. The predicted molar refractivity (Wildman–Crippen MR) is 116 cm³/mol. The van der Waals surface area contributed by atoms with E-state index in [1.54, 1.807) is 24.3 Å². The van der Waals surface area contributed by atoms with Crippen molar-refractivity contribution in [2.45, 2.75) is 46.0 Å². The van der Waals surface area contributed by atoms with Gasteiger partial charge < -0.3 is 10.2 Å². The molecule has 4 amide bonds. The van der Waals surface area contributed by atoms with Crippen LogP contribution >= 0.6 is 0 Å². The molecule has 3 aliphatic rings. The summed E-state index contributed by atoms with van der Waals surface area (Å²) in [6.45, 7) is 5.39. The fourth-order valence-electron chi connectivity index (χ4n) is 5.50. The molecule has 0 bridgehead atoms. The second-order valence-electron chi connectivity index (χ2n) is 9.51. The lowest BCUT2D eigenvalue weighted by Gasteiger charge is -2.35. The number of nitrogens with zero attached hydrogens (tertiary/aromatic N) is 2. The number of hydrogen-bond acceptors (Lipinski definition) is 4. The average molecular weight is 426 g/mol. The summed E-state index contributed by atoms with van der Waals surface area (Å²) in [7, 11) is 0. The zero-order valence-electron chi connectivity index (χ0n) is 18.3. The van der Waals surface area contributed by atoms with Gasteiger partial charge in [0.1, 0.15) is 6.54 Å². The largest absolute Gasteiger partial charge is 0.338 e. The maximum atomic E-state index is 13.2. The molecule has 166 valence electrons. The number of benzene rings is 1. The highest BCUT2D eigenvalue weighted by atomic mass is 16.2. The Bertz CT molecular complexity index is 865. The molecule has 1 aromatic carbocycles. The maximum Gasteiger partial charge on any atom is 0.255 e. The van der Waals surface area contributed by atoms with Crippen LogP contribution in [0.2, 0.25) is 0 Å². The van der Waals surface area contributed by atoms with Gasteiger partial charge in [0, 0.05) is 13.1 Å². The maximum absolute atomic E-state index is 13.2. The van der Waals surface area contributed by atoms with E-state index >= 15 is 0 Å². The van der Waals surface area contributed by atoms with Crippen LogP contribution in [0.5, 0.6) is 0 Å². The van der Waals surface area contributed by atoms with Crippen molar-refractivity contribution in [3.05, 3.63) is 29.8 Å². The molecule has 7 heteroatoms. The van der Waals surface area contributed by atoms with Crippen molar-refractivity contribution in [2.24, 2.45) is 23.7 Å². The Hall–Kier alpha value is -2.70. The molecule has 4 atom stereocenters. The summed E-state index contributed by atoms with van der Waals surface area (Å²) in [6.07, 6.45) is 4.43. The number of hydrogen-bond donors (Lipinski definition) is 1. The zero-order chi connectivity index (χ0) is 22.1. The fraction of sp³-hybridized carbons (Fsp3) is 0.583. The summed E-state index contributed by atoms with van der Waals surface area (Å²) in [6, 6.07) is 6.93. The molecular weight excluding hydrogens is 394 g/mol. The van der Waals surface area contributed by atoms with E-state index < -0.39 is 5.91 Å². The van der Waals surface area contributed by atoms with Gasteiger partial charge in [-0.05, 0) is 43.2 Å². The van der Waals surface area contributed by atoms with Gasteiger partial charge in [-0.15, -0.1) is 0 Å². The van der Waals surface area contributed by atoms with Crippen molar-refractivity contribution in [3.63, 3.8) is 0 Å². The van der Waals surface area contributed by atoms with Crippen molar-refractivity contribution in [2.75, 3.05) is 25.0 Å². The van der Waals surface area contributed by atoms with Crippen molar-refractivity contribution >= 4 is 29.3 Å². The van der Waals surface area contributed by atoms with Gasteiger partial charge in [-0.2, -0.15) is 0 Å². The van der Waals surface area contributed by atoms with Crippen LogP contribution in [0.15, 0.2) is 24.3 Å². The number of carbonyl (C=O) groups is 4. The minimum Gasteiger partial charge on any atom is -0.338 e. The Morgan fingerprint density at radius 1 is 0.968 bits per heavy atom. The smallest absolute Gasteiger partial charge is 0.255 e. The van der Waals surface area contributed by atoms with Crippen LogP contribution in [0, 0.1) is 23.7 Å². The number of likely N-dealkylation sites (tertiary alicyclic amines) is 2. The molecule has 2 heterocycles. The number of imide groups is 1. The summed E-state index contributed by atoms with van der Waals surface area (Å²) in [5, 5.41) is 2.77. The monoisotopic (exact) mass is 425 g/mol. The number of fused-ring (bicyclic) bond motifs is 1. The van der Waals surface area contributed by atoms with Gasteiger partial charge in [-0.1, -0.05) is 38.8 Å². The van der Waals surface area contributed by atoms with Crippen LogP contribution in [-0.4, -0.2) is 53.1 Å². The van der Waals surface area contributed by atoms with E-state index in [1.165, 1.54) is 0 Å². The minimum absolute atomic E-state index is 0.103. The Labute approximate surface area is 183 Å². The molecule has 4 unspecified atom stereocenters. The van der Waals surface area contributed by atoms with Gasteiger partial charge in [0.2, 0.25) is 17.7 Å². The topological polar surface area (TPSA) is 86.8 Å². The number of rotatable bonds is 4. The Kier molecular flexibility index (Phi) is 6.12. The lowest BCUT2D eigenvalue weighted by Crippen LogP contribution is -2.43. The molecule has 2 saturated heterocycles. The molecule has 2 aliphatic heterocycles. The standard InChI is InChI=1S/C24H31N3O4/c1-15-11-16(2)13-26(12-15)22(29)19-9-5-6-10-20(19)25-21(28)14-27-23(30)17-7-3-4-8-18(17)24(27)31/h5-6,9-10,15-18H,3-4,7-8,11-14H2,1-2H3,(H,25,28). The molecule has 3 fully saturated rings. The summed E-state index contributed by atoms with van der Waals surface area (Å²) in [4.78, 5) is 54.2. The third kappa shape index (κ3) is 4.36. The fourth-order valence-corrected chi connectivity index (χ4v) is 5.50. The number of carbonyl (C=O) groups excluding carboxylic acids is 4. The Balaban J connectivity index is 1.45. The summed E-state index contributed by atoms with van der Waals surface area (Å²) in [5.41, 5.74) is 0.852. The van der Waals surface area contributed by atoms with Crippen LogP contribution in [0.3, 0.4) is 0 Å². The molecule has 1 aromatic rings. The molecule has 0 spiro atoms. The van der Waals surface area contributed by atoms with Gasteiger partial charge >= 0.3 is 0 Å². The van der Waals surface area contributed by atoms with Crippen molar-refractivity contribution < 1.29 is 19.2 Å². The number of nitrogens with one attached hydrogen (secondary N) is 1. The molecule has 1 N–H and O–H groups in total. The first-order valence-corrected chi connectivity index (χ1v) is 11.4. The third-order valence-electron chi connectivity index (χ3n) is 6.82. The number of anilines is 1. The van der Waals surface area contributed by atoms with E-state index in [0.717, 1.165) is 37.0 Å². The van der Waals surface area contributed by atoms with E-state index in [4.69, 9.17) is 0 Å². The molecule has 31 heavy (non-hydrogen) atoms. The summed E-state index contributed by atoms with van der Waals surface area (Å²) in [5.74, 6) is -0.696. The highest BCUT2D eigenvalue weighted by molar-refractivity contribution is 6.10. The van der Waals surface area contributed by atoms with Gasteiger partial charge in [0.15, 0.2) is 0 Å². The average Bonchev–Trinajstić information content (AvgIpc) is 2.98. The molecular formula is C24H31N3O4. The minimum atomic E-state index is -0.457. The third-order valence-corrected chi connectivity index (χ3v) is 6.82. The van der Waals surface area contributed by atoms with Gasteiger partial charge in [0.25, 0.3) is 5.91 Å². The Morgan fingerprint density at radius 2 is 1.55 bits per heavy atom. The SMILES string of the molecule is CC1CC(C)CN(C(=O)c2ccccc2NC(=O)CN2C(=O)C3CCCCC3C2=O)C1. The zero-order valence-corrected chi connectivity index (χ0v) is 18.3.